The maximum atomic E-state index is 11.9. The normalized spacial score (nSPS) is 34.7. The largest absolute Gasteiger partial charge is 0.465 e. The third-order valence-corrected chi connectivity index (χ3v) is 4.12. The highest BCUT2D eigenvalue weighted by Gasteiger charge is 2.77. The second-order valence-electron chi connectivity index (χ2n) is 4.94. The van der Waals surface area contributed by atoms with E-state index >= 15 is 0 Å². The molecule has 0 bridgehead atoms. The van der Waals surface area contributed by atoms with E-state index in [1.54, 1.807) is 5.06 Å². The highest BCUT2D eigenvalue weighted by Crippen LogP contribution is 2.72. The number of fused-ring (bicyclic) bond motifs is 1. The second kappa shape index (κ2) is 2.74. The number of hydroxylamine groups is 2. The van der Waals surface area contributed by atoms with E-state index in [0.29, 0.717) is 6.61 Å². The molecule has 2 saturated carbocycles. The molecule has 1 saturated heterocycles. The summed E-state index contributed by atoms with van der Waals surface area (Å²) in [5.41, 5.74) is 0.0905. The van der Waals surface area contributed by atoms with E-state index < -0.39 is 0 Å². The summed E-state index contributed by atoms with van der Waals surface area (Å²) >= 11 is 0. The van der Waals surface area contributed by atoms with Gasteiger partial charge in [-0.15, -0.1) is 0 Å². The van der Waals surface area contributed by atoms with Crippen molar-refractivity contribution in [2.24, 2.45) is 5.41 Å². The quantitative estimate of drug-likeness (QED) is 0.641. The van der Waals surface area contributed by atoms with Crippen molar-refractivity contribution in [3.8, 4) is 0 Å². The summed E-state index contributed by atoms with van der Waals surface area (Å²) < 4.78 is 5.13. The number of hydrogen-bond donors (Lipinski definition) is 0. The van der Waals surface area contributed by atoms with Crippen molar-refractivity contribution in [2.75, 3.05) is 13.7 Å². The summed E-state index contributed by atoms with van der Waals surface area (Å²) in [5.74, 6) is -0.110. The van der Waals surface area contributed by atoms with Gasteiger partial charge in [-0.2, -0.15) is 5.06 Å². The van der Waals surface area contributed by atoms with E-state index in [1.165, 1.54) is 0 Å². The first-order valence-electron chi connectivity index (χ1n) is 5.74. The SMILES string of the molecule is CCOC(=O)C1N(C)OC2(CC2)C12CC2. The van der Waals surface area contributed by atoms with Crippen LogP contribution in [0.1, 0.15) is 32.6 Å². The molecule has 0 amide bonds. The van der Waals surface area contributed by atoms with Crippen molar-refractivity contribution < 1.29 is 14.4 Å². The van der Waals surface area contributed by atoms with Crippen LogP contribution < -0.4 is 0 Å². The van der Waals surface area contributed by atoms with Gasteiger partial charge >= 0.3 is 5.97 Å². The molecule has 0 radical (unpaired) electrons. The Labute approximate surface area is 89.5 Å². The van der Waals surface area contributed by atoms with Crippen molar-refractivity contribution in [2.45, 2.75) is 44.2 Å². The highest BCUT2D eigenvalue weighted by atomic mass is 16.7. The smallest absolute Gasteiger partial charge is 0.326 e. The molecular formula is C11H17NO3. The molecule has 3 fully saturated rings. The Bertz CT molecular complexity index is 307. The van der Waals surface area contributed by atoms with Gasteiger partial charge in [-0.25, -0.2) is 0 Å². The van der Waals surface area contributed by atoms with Crippen molar-refractivity contribution in [1.82, 2.24) is 5.06 Å². The lowest BCUT2D eigenvalue weighted by Gasteiger charge is -2.20. The third kappa shape index (κ3) is 1.06. The van der Waals surface area contributed by atoms with Gasteiger partial charge in [0.2, 0.25) is 0 Å². The van der Waals surface area contributed by atoms with Gasteiger partial charge in [0.25, 0.3) is 0 Å². The molecule has 2 spiro atoms. The average Bonchev–Trinajstić information content (AvgIpc) is 2.98. The van der Waals surface area contributed by atoms with Crippen molar-refractivity contribution in [3.63, 3.8) is 0 Å². The maximum Gasteiger partial charge on any atom is 0.326 e. The molecule has 1 aliphatic heterocycles. The molecule has 0 aromatic rings. The van der Waals surface area contributed by atoms with Crippen LogP contribution in [0, 0.1) is 5.41 Å². The van der Waals surface area contributed by atoms with Crippen LogP contribution in [-0.2, 0) is 14.4 Å². The number of likely N-dealkylation sites (N-methyl/N-ethyl adjacent to an activating group) is 1. The predicted molar refractivity (Wildman–Crippen MR) is 52.9 cm³/mol. The summed E-state index contributed by atoms with van der Waals surface area (Å²) in [4.78, 5) is 17.7. The molecule has 2 aliphatic carbocycles. The molecule has 15 heavy (non-hydrogen) atoms. The first-order valence-corrected chi connectivity index (χ1v) is 5.74. The Morgan fingerprint density at radius 3 is 2.60 bits per heavy atom. The molecule has 0 aromatic carbocycles. The lowest BCUT2D eigenvalue weighted by atomic mass is 9.89. The van der Waals surface area contributed by atoms with E-state index in [0.717, 1.165) is 25.7 Å². The molecular weight excluding hydrogens is 194 g/mol. The molecule has 3 aliphatic rings. The lowest BCUT2D eigenvalue weighted by molar-refractivity contribution is -0.175. The van der Waals surface area contributed by atoms with Gasteiger partial charge in [-0.1, -0.05) is 0 Å². The number of carbonyl (C=O) groups is 1. The van der Waals surface area contributed by atoms with E-state index in [2.05, 4.69) is 0 Å². The number of carbonyl (C=O) groups excluding carboxylic acids is 1. The first kappa shape index (κ1) is 9.60. The van der Waals surface area contributed by atoms with Gasteiger partial charge < -0.3 is 4.74 Å². The average molecular weight is 211 g/mol. The van der Waals surface area contributed by atoms with Gasteiger partial charge in [0.1, 0.15) is 6.04 Å². The van der Waals surface area contributed by atoms with Crippen LogP contribution in [0.2, 0.25) is 0 Å². The Hall–Kier alpha value is -0.610. The summed E-state index contributed by atoms with van der Waals surface area (Å²) in [6.45, 7) is 2.30. The van der Waals surface area contributed by atoms with E-state index in [4.69, 9.17) is 9.57 Å². The van der Waals surface area contributed by atoms with Gasteiger partial charge in [-0.05, 0) is 32.6 Å². The van der Waals surface area contributed by atoms with Gasteiger partial charge in [0, 0.05) is 12.5 Å². The number of rotatable bonds is 2. The van der Waals surface area contributed by atoms with Crippen LogP contribution >= 0.6 is 0 Å². The molecule has 4 nitrogen and oxygen atoms in total. The van der Waals surface area contributed by atoms with Crippen molar-refractivity contribution >= 4 is 5.97 Å². The zero-order valence-electron chi connectivity index (χ0n) is 9.28. The minimum atomic E-state index is -0.167. The topological polar surface area (TPSA) is 38.8 Å². The number of ether oxygens (including phenoxy) is 1. The van der Waals surface area contributed by atoms with Gasteiger partial charge in [0.15, 0.2) is 0 Å². The predicted octanol–water partition coefficient (Wildman–Crippen LogP) is 1.11. The van der Waals surface area contributed by atoms with Crippen LogP contribution in [0.3, 0.4) is 0 Å². The van der Waals surface area contributed by atoms with Crippen LogP contribution in [0.15, 0.2) is 0 Å². The minimum absolute atomic E-state index is 0.000815. The fourth-order valence-corrected chi connectivity index (χ4v) is 3.18. The molecule has 1 atom stereocenters. The van der Waals surface area contributed by atoms with Crippen LogP contribution in [-0.4, -0.2) is 36.3 Å². The van der Waals surface area contributed by atoms with E-state index in [-0.39, 0.29) is 23.0 Å². The minimum Gasteiger partial charge on any atom is -0.465 e. The monoisotopic (exact) mass is 211 g/mol. The molecule has 3 rings (SSSR count). The molecule has 0 aromatic heterocycles. The van der Waals surface area contributed by atoms with Crippen molar-refractivity contribution in [3.05, 3.63) is 0 Å². The fraction of sp³-hybridized carbons (Fsp3) is 0.909. The summed E-state index contributed by atoms with van der Waals surface area (Å²) in [7, 11) is 1.86. The highest BCUT2D eigenvalue weighted by molar-refractivity contribution is 5.78. The number of hydrogen-bond acceptors (Lipinski definition) is 4. The first-order chi connectivity index (χ1) is 7.15. The molecule has 1 heterocycles. The standard InChI is InChI=1S/C11H17NO3/c1-3-14-9(13)8-10(4-5-10)11(6-7-11)15-12(8)2/h8H,3-7H2,1-2H3. The molecule has 1 unspecified atom stereocenters. The third-order valence-electron chi connectivity index (χ3n) is 4.12. The summed E-state index contributed by atoms with van der Waals surface area (Å²) in [6, 6.07) is -0.167. The van der Waals surface area contributed by atoms with Gasteiger partial charge in [0.05, 0.1) is 12.2 Å². The molecule has 84 valence electrons. The Morgan fingerprint density at radius 2 is 2.13 bits per heavy atom. The van der Waals surface area contributed by atoms with E-state index in [9.17, 15) is 4.79 Å². The molecule has 0 N–H and O–H groups in total. The Balaban J connectivity index is 1.85. The zero-order valence-corrected chi connectivity index (χ0v) is 9.28. The Morgan fingerprint density at radius 1 is 1.47 bits per heavy atom. The summed E-state index contributed by atoms with van der Waals surface area (Å²) in [5, 5.41) is 1.73. The lowest BCUT2D eigenvalue weighted by Crippen LogP contribution is -2.40. The fourth-order valence-electron chi connectivity index (χ4n) is 3.18. The second-order valence-corrected chi connectivity index (χ2v) is 4.94. The zero-order chi connectivity index (χ0) is 10.7. The number of nitrogens with zero attached hydrogens (tertiary/aromatic N) is 1. The summed E-state index contributed by atoms with van der Waals surface area (Å²) in [6.07, 6.45) is 4.43. The van der Waals surface area contributed by atoms with Crippen LogP contribution in [0.5, 0.6) is 0 Å². The van der Waals surface area contributed by atoms with Crippen LogP contribution in [0.25, 0.3) is 0 Å². The van der Waals surface area contributed by atoms with Crippen molar-refractivity contribution in [1.29, 1.82) is 0 Å². The van der Waals surface area contributed by atoms with Gasteiger partial charge in [-0.3, -0.25) is 9.63 Å². The van der Waals surface area contributed by atoms with E-state index in [1.807, 2.05) is 14.0 Å². The number of esters is 1. The Kier molecular flexibility index (Phi) is 1.75. The maximum absolute atomic E-state index is 11.9. The molecule has 4 heteroatoms. The van der Waals surface area contributed by atoms with Crippen LogP contribution in [0.4, 0.5) is 0 Å².